The molecule has 124 valence electrons. The third kappa shape index (κ3) is 3.31. The van der Waals surface area contributed by atoms with Crippen LogP contribution in [-0.4, -0.2) is 36.1 Å². The number of carbonyl (C=O) groups is 2. The second-order valence-electron chi connectivity index (χ2n) is 5.51. The largest absolute Gasteiger partial charge is 0.496 e. The van der Waals surface area contributed by atoms with Crippen LogP contribution in [-0.2, 0) is 0 Å². The highest BCUT2D eigenvalue weighted by Gasteiger charge is 2.34. The second-order valence-corrected chi connectivity index (χ2v) is 6.65. The van der Waals surface area contributed by atoms with E-state index in [1.54, 1.807) is 43.1 Å². The predicted molar refractivity (Wildman–Crippen MR) is 94.8 cm³/mol. The fourth-order valence-corrected chi connectivity index (χ4v) is 3.77. The molecule has 0 N–H and O–H groups in total. The van der Waals surface area contributed by atoms with Gasteiger partial charge in [0.05, 0.1) is 18.2 Å². The number of unbranched alkanes of at least 4 members (excludes halogenated alkanes) is 1. The molecular weight excluding hydrogens is 322 g/mol. The van der Waals surface area contributed by atoms with Crippen LogP contribution in [0.4, 0.5) is 0 Å². The van der Waals surface area contributed by atoms with E-state index in [9.17, 15) is 9.59 Å². The molecule has 1 heterocycles. The van der Waals surface area contributed by atoms with Gasteiger partial charge in [0.15, 0.2) is 0 Å². The molecule has 0 atom stereocenters. The number of rotatable bonds is 7. The van der Waals surface area contributed by atoms with Crippen LogP contribution in [0, 0.1) is 0 Å². The van der Waals surface area contributed by atoms with Crippen LogP contribution in [0.3, 0.4) is 0 Å². The summed E-state index contributed by atoms with van der Waals surface area (Å²) < 4.78 is 5.33. The topological polar surface area (TPSA) is 46.6 Å². The van der Waals surface area contributed by atoms with E-state index in [0.29, 0.717) is 17.7 Å². The number of imide groups is 1. The quantitative estimate of drug-likeness (QED) is 0.436. The number of thioether (sulfide) groups is 1. The maximum absolute atomic E-state index is 12.3. The van der Waals surface area contributed by atoms with Crippen molar-refractivity contribution in [2.45, 2.75) is 17.7 Å². The van der Waals surface area contributed by atoms with Gasteiger partial charge in [-0.2, -0.15) is 0 Å². The zero-order chi connectivity index (χ0) is 16.9. The lowest BCUT2D eigenvalue weighted by Gasteiger charge is -2.13. The Kier molecular flexibility index (Phi) is 5.20. The van der Waals surface area contributed by atoms with Crippen LogP contribution in [0.25, 0.3) is 0 Å². The minimum Gasteiger partial charge on any atom is -0.496 e. The van der Waals surface area contributed by atoms with Gasteiger partial charge in [-0.1, -0.05) is 24.3 Å². The zero-order valence-electron chi connectivity index (χ0n) is 13.5. The molecule has 0 aromatic heterocycles. The summed E-state index contributed by atoms with van der Waals surface area (Å²) >= 11 is 1.73. The molecule has 2 amide bonds. The first-order chi connectivity index (χ1) is 11.7. The molecule has 0 saturated carbocycles. The Morgan fingerprint density at radius 3 is 2.21 bits per heavy atom. The number of nitrogens with zero attached hydrogens (tertiary/aromatic N) is 1. The first-order valence-corrected chi connectivity index (χ1v) is 8.92. The maximum atomic E-state index is 12.3. The SMILES string of the molecule is COc1ccccc1SCCCCN1C(=O)c2ccccc2C1=O. The van der Waals surface area contributed by atoms with Gasteiger partial charge in [0.1, 0.15) is 5.75 Å². The summed E-state index contributed by atoms with van der Waals surface area (Å²) in [6.07, 6.45) is 1.73. The molecule has 1 aliphatic heterocycles. The average molecular weight is 341 g/mol. The van der Waals surface area contributed by atoms with E-state index >= 15 is 0 Å². The van der Waals surface area contributed by atoms with Crippen LogP contribution in [0.15, 0.2) is 53.4 Å². The molecule has 0 saturated heterocycles. The summed E-state index contributed by atoms with van der Waals surface area (Å²) in [5.74, 6) is 1.45. The predicted octanol–water partition coefficient (Wildman–Crippen LogP) is 3.86. The molecule has 2 aromatic rings. The van der Waals surface area contributed by atoms with Gasteiger partial charge in [0.2, 0.25) is 0 Å². The summed E-state index contributed by atoms with van der Waals surface area (Å²) in [6, 6.07) is 14.9. The molecular formula is C19H19NO3S. The molecule has 0 unspecified atom stereocenters. The van der Waals surface area contributed by atoms with Gasteiger partial charge in [0, 0.05) is 11.4 Å². The summed E-state index contributed by atoms with van der Waals surface area (Å²) in [7, 11) is 1.67. The number of methoxy groups -OCH3 is 1. The van der Waals surface area contributed by atoms with E-state index < -0.39 is 0 Å². The number of hydrogen-bond donors (Lipinski definition) is 0. The Morgan fingerprint density at radius 1 is 0.917 bits per heavy atom. The summed E-state index contributed by atoms with van der Waals surface area (Å²) in [6.45, 7) is 0.471. The molecule has 0 bridgehead atoms. The van der Waals surface area contributed by atoms with E-state index in [-0.39, 0.29) is 11.8 Å². The van der Waals surface area contributed by atoms with Crippen molar-refractivity contribution in [1.82, 2.24) is 4.90 Å². The second kappa shape index (κ2) is 7.53. The summed E-state index contributed by atoms with van der Waals surface area (Å²) in [4.78, 5) is 27.0. The van der Waals surface area contributed by atoms with Crippen molar-refractivity contribution in [3.8, 4) is 5.75 Å². The molecule has 4 nitrogen and oxygen atoms in total. The van der Waals surface area contributed by atoms with E-state index in [2.05, 4.69) is 0 Å². The molecule has 0 fully saturated rings. The van der Waals surface area contributed by atoms with Crippen molar-refractivity contribution in [3.63, 3.8) is 0 Å². The van der Waals surface area contributed by atoms with Crippen molar-refractivity contribution < 1.29 is 14.3 Å². The van der Waals surface area contributed by atoms with Crippen LogP contribution >= 0.6 is 11.8 Å². The van der Waals surface area contributed by atoms with Gasteiger partial charge >= 0.3 is 0 Å². The number of hydrogen-bond acceptors (Lipinski definition) is 4. The standard InChI is InChI=1S/C19H19NO3S/c1-23-16-10-4-5-11-17(16)24-13-7-6-12-20-18(21)14-8-2-3-9-15(14)19(20)22/h2-5,8-11H,6-7,12-13H2,1H3. The Balaban J connectivity index is 1.48. The van der Waals surface area contributed by atoms with Crippen LogP contribution in [0.1, 0.15) is 33.6 Å². The monoisotopic (exact) mass is 341 g/mol. The molecule has 5 heteroatoms. The molecule has 2 aromatic carbocycles. The van der Waals surface area contributed by atoms with Gasteiger partial charge in [0.25, 0.3) is 11.8 Å². The third-order valence-electron chi connectivity index (χ3n) is 3.98. The lowest BCUT2D eigenvalue weighted by atomic mass is 10.1. The average Bonchev–Trinajstić information content (AvgIpc) is 2.87. The minimum absolute atomic E-state index is 0.173. The van der Waals surface area contributed by atoms with E-state index in [4.69, 9.17) is 4.74 Å². The van der Waals surface area contributed by atoms with Gasteiger partial charge in [-0.3, -0.25) is 14.5 Å². The van der Waals surface area contributed by atoms with Crippen LogP contribution in [0.2, 0.25) is 0 Å². The number of fused-ring (bicyclic) bond motifs is 1. The van der Waals surface area contributed by atoms with Crippen LogP contribution in [0.5, 0.6) is 5.75 Å². The van der Waals surface area contributed by atoms with Crippen molar-refractivity contribution in [3.05, 3.63) is 59.7 Å². The fourth-order valence-electron chi connectivity index (χ4n) is 2.73. The number of benzene rings is 2. The smallest absolute Gasteiger partial charge is 0.261 e. The van der Waals surface area contributed by atoms with E-state index in [0.717, 1.165) is 29.2 Å². The highest BCUT2D eigenvalue weighted by atomic mass is 32.2. The van der Waals surface area contributed by atoms with Crippen molar-refractivity contribution in [2.24, 2.45) is 0 Å². The van der Waals surface area contributed by atoms with Gasteiger partial charge in [-0.15, -0.1) is 11.8 Å². The highest BCUT2D eigenvalue weighted by molar-refractivity contribution is 7.99. The van der Waals surface area contributed by atoms with Crippen molar-refractivity contribution in [1.29, 1.82) is 0 Å². The van der Waals surface area contributed by atoms with Gasteiger partial charge in [-0.05, 0) is 42.9 Å². The molecule has 3 rings (SSSR count). The molecule has 0 radical (unpaired) electrons. The number of para-hydroxylation sites is 1. The lowest BCUT2D eigenvalue weighted by molar-refractivity contribution is 0.0652. The highest BCUT2D eigenvalue weighted by Crippen LogP contribution is 2.29. The summed E-state index contributed by atoms with van der Waals surface area (Å²) in [5, 5.41) is 0. The molecule has 24 heavy (non-hydrogen) atoms. The third-order valence-corrected chi connectivity index (χ3v) is 5.12. The Morgan fingerprint density at radius 2 is 1.54 bits per heavy atom. The molecule has 1 aliphatic rings. The van der Waals surface area contributed by atoms with Crippen LogP contribution < -0.4 is 4.74 Å². The molecule has 0 aliphatic carbocycles. The first kappa shape index (κ1) is 16.6. The number of amides is 2. The van der Waals surface area contributed by atoms with Crippen molar-refractivity contribution in [2.75, 3.05) is 19.4 Å². The zero-order valence-corrected chi connectivity index (χ0v) is 14.3. The minimum atomic E-state index is -0.173. The van der Waals surface area contributed by atoms with Gasteiger partial charge in [-0.25, -0.2) is 0 Å². The number of ether oxygens (including phenoxy) is 1. The first-order valence-electron chi connectivity index (χ1n) is 7.93. The Hall–Kier alpha value is -2.27. The lowest BCUT2D eigenvalue weighted by Crippen LogP contribution is -2.30. The van der Waals surface area contributed by atoms with E-state index in [1.165, 1.54) is 4.90 Å². The Labute approximate surface area is 145 Å². The Bertz CT molecular complexity index is 725. The van der Waals surface area contributed by atoms with Crippen molar-refractivity contribution >= 4 is 23.6 Å². The normalized spacial score (nSPS) is 13.3. The summed E-state index contributed by atoms with van der Waals surface area (Å²) in [5.41, 5.74) is 1.04. The number of carbonyl (C=O) groups excluding carboxylic acids is 2. The van der Waals surface area contributed by atoms with E-state index in [1.807, 2.05) is 24.3 Å². The van der Waals surface area contributed by atoms with Gasteiger partial charge < -0.3 is 4.74 Å². The fraction of sp³-hybridized carbons (Fsp3) is 0.263. The maximum Gasteiger partial charge on any atom is 0.261 e. The molecule has 0 spiro atoms.